The van der Waals surface area contributed by atoms with Gasteiger partial charge in [-0.1, -0.05) is 24.0 Å². The molecule has 0 atom stereocenters. The zero-order chi connectivity index (χ0) is 20.2. The second-order valence-corrected chi connectivity index (χ2v) is 6.50. The standard InChI is InChI=1S/C24H16F2N2O/c1-29-15-17-13-27-24(28-14-17)21-7-6-18(23(26)12-21)4-2-16-3-5-20-11-22(25)9-8-19(20)10-16/h3,5-14H,15H2,1H3. The van der Waals surface area contributed by atoms with Crippen molar-refractivity contribution in [3.8, 4) is 23.2 Å². The number of nitrogens with zero attached hydrogens (tertiary/aromatic N) is 2. The number of benzene rings is 3. The molecular formula is C24H16F2N2O. The van der Waals surface area contributed by atoms with Crippen molar-refractivity contribution in [3.05, 3.63) is 95.3 Å². The van der Waals surface area contributed by atoms with Crippen LogP contribution in [0, 0.1) is 23.5 Å². The fourth-order valence-electron chi connectivity index (χ4n) is 2.93. The third-order valence-electron chi connectivity index (χ3n) is 4.39. The molecule has 0 amide bonds. The number of methoxy groups -OCH3 is 1. The highest BCUT2D eigenvalue weighted by Gasteiger charge is 2.06. The van der Waals surface area contributed by atoms with Crippen LogP contribution in [0.5, 0.6) is 0 Å². The number of halogens is 2. The molecule has 0 aliphatic carbocycles. The van der Waals surface area contributed by atoms with Crippen molar-refractivity contribution in [1.82, 2.24) is 9.97 Å². The summed E-state index contributed by atoms with van der Waals surface area (Å²) in [7, 11) is 1.60. The lowest BCUT2D eigenvalue weighted by Gasteiger charge is -2.03. The molecule has 0 aliphatic heterocycles. The molecule has 5 heteroatoms. The first-order valence-electron chi connectivity index (χ1n) is 8.93. The molecule has 4 aromatic rings. The average Bonchev–Trinajstić information content (AvgIpc) is 2.73. The molecule has 4 rings (SSSR count). The SMILES string of the molecule is COCc1cnc(-c2ccc(C#Cc3ccc4cc(F)ccc4c3)c(F)c2)nc1. The van der Waals surface area contributed by atoms with Crippen molar-refractivity contribution in [1.29, 1.82) is 0 Å². The van der Waals surface area contributed by atoms with Crippen LogP contribution in [-0.2, 0) is 11.3 Å². The van der Waals surface area contributed by atoms with Crippen LogP contribution in [0.4, 0.5) is 8.78 Å². The third-order valence-corrected chi connectivity index (χ3v) is 4.39. The average molecular weight is 386 g/mol. The van der Waals surface area contributed by atoms with E-state index in [1.54, 1.807) is 49.8 Å². The Morgan fingerprint density at radius 2 is 1.62 bits per heavy atom. The number of fused-ring (bicyclic) bond motifs is 1. The minimum Gasteiger partial charge on any atom is -0.380 e. The Bertz CT molecular complexity index is 1240. The van der Waals surface area contributed by atoms with Crippen molar-refractivity contribution in [2.75, 3.05) is 7.11 Å². The van der Waals surface area contributed by atoms with Crippen LogP contribution in [0.3, 0.4) is 0 Å². The zero-order valence-corrected chi connectivity index (χ0v) is 15.6. The van der Waals surface area contributed by atoms with Gasteiger partial charge in [-0.2, -0.15) is 0 Å². The van der Waals surface area contributed by atoms with E-state index in [1.807, 2.05) is 6.07 Å². The van der Waals surface area contributed by atoms with E-state index in [4.69, 9.17) is 4.74 Å². The molecule has 3 nitrogen and oxygen atoms in total. The van der Waals surface area contributed by atoms with Gasteiger partial charge in [-0.15, -0.1) is 0 Å². The Balaban J connectivity index is 1.58. The van der Waals surface area contributed by atoms with Gasteiger partial charge in [-0.05, 0) is 53.2 Å². The number of rotatable bonds is 3. The Labute approximate surface area is 167 Å². The Hall–Kier alpha value is -3.62. The Kier molecular flexibility index (Phi) is 5.28. The molecule has 1 aromatic heterocycles. The van der Waals surface area contributed by atoms with Crippen LogP contribution in [0.2, 0.25) is 0 Å². The largest absolute Gasteiger partial charge is 0.380 e. The molecule has 0 bridgehead atoms. The lowest BCUT2D eigenvalue weighted by Crippen LogP contribution is -1.95. The second-order valence-electron chi connectivity index (χ2n) is 6.50. The highest BCUT2D eigenvalue weighted by molar-refractivity contribution is 5.84. The molecule has 0 unspecified atom stereocenters. The molecule has 0 saturated heterocycles. The van der Waals surface area contributed by atoms with Gasteiger partial charge in [0.25, 0.3) is 0 Å². The number of ether oxygens (including phenoxy) is 1. The van der Waals surface area contributed by atoms with Gasteiger partial charge < -0.3 is 4.74 Å². The Morgan fingerprint density at radius 1 is 0.862 bits per heavy atom. The summed E-state index contributed by atoms with van der Waals surface area (Å²) in [4.78, 5) is 8.49. The van der Waals surface area contributed by atoms with Gasteiger partial charge in [0.05, 0.1) is 12.2 Å². The van der Waals surface area contributed by atoms with Gasteiger partial charge in [-0.25, -0.2) is 18.7 Å². The van der Waals surface area contributed by atoms with Crippen molar-refractivity contribution in [2.24, 2.45) is 0 Å². The van der Waals surface area contributed by atoms with Gasteiger partial charge >= 0.3 is 0 Å². The molecule has 0 aliphatic rings. The molecule has 0 spiro atoms. The minimum atomic E-state index is -0.442. The van der Waals surface area contributed by atoms with E-state index in [-0.39, 0.29) is 11.4 Å². The van der Waals surface area contributed by atoms with Crippen molar-refractivity contribution >= 4 is 10.8 Å². The number of hydrogen-bond acceptors (Lipinski definition) is 3. The molecule has 3 aromatic carbocycles. The van der Waals surface area contributed by atoms with Crippen LogP contribution in [0.1, 0.15) is 16.7 Å². The maximum atomic E-state index is 14.5. The molecule has 29 heavy (non-hydrogen) atoms. The van der Waals surface area contributed by atoms with Gasteiger partial charge in [0, 0.05) is 36.2 Å². The first-order chi connectivity index (χ1) is 14.1. The van der Waals surface area contributed by atoms with E-state index >= 15 is 0 Å². The second kappa shape index (κ2) is 8.17. The number of aromatic nitrogens is 2. The third kappa shape index (κ3) is 4.29. The fraction of sp³-hybridized carbons (Fsp3) is 0.0833. The van der Waals surface area contributed by atoms with Gasteiger partial charge in [0.2, 0.25) is 0 Å². The maximum absolute atomic E-state index is 14.5. The van der Waals surface area contributed by atoms with E-state index in [1.165, 1.54) is 18.2 Å². The predicted octanol–water partition coefficient (Wildman–Crippen LogP) is 5.12. The summed E-state index contributed by atoms with van der Waals surface area (Å²) in [5.41, 5.74) is 2.43. The molecular weight excluding hydrogens is 370 g/mol. The summed E-state index contributed by atoms with van der Waals surface area (Å²) in [5.74, 6) is 5.53. The van der Waals surface area contributed by atoms with Crippen LogP contribution in [0.15, 0.2) is 67.0 Å². The maximum Gasteiger partial charge on any atom is 0.159 e. The summed E-state index contributed by atoms with van der Waals surface area (Å²) in [6.45, 7) is 0.423. The monoisotopic (exact) mass is 386 g/mol. The van der Waals surface area contributed by atoms with E-state index in [2.05, 4.69) is 21.8 Å². The molecule has 0 saturated carbocycles. The smallest absolute Gasteiger partial charge is 0.159 e. The van der Waals surface area contributed by atoms with Gasteiger partial charge in [-0.3, -0.25) is 0 Å². The first-order valence-corrected chi connectivity index (χ1v) is 8.93. The highest BCUT2D eigenvalue weighted by Crippen LogP contribution is 2.19. The summed E-state index contributed by atoms with van der Waals surface area (Å²) >= 11 is 0. The van der Waals surface area contributed by atoms with E-state index in [9.17, 15) is 8.78 Å². The molecule has 0 N–H and O–H groups in total. The molecule has 0 radical (unpaired) electrons. The van der Waals surface area contributed by atoms with Crippen molar-refractivity contribution < 1.29 is 13.5 Å². The Morgan fingerprint density at radius 3 is 2.38 bits per heavy atom. The minimum absolute atomic E-state index is 0.281. The quantitative estimate of drug-likeness (QED) is 0.459. The van der Waals surface area contributed by atoms with Crippen molar-refractivity contribution in [3.63, 3.8) is 0 Å². The van der Waals surface area contributed by atoms with Crippen LogP contribution >= 0.6 is 0 Å². The molecule has 0 fully saturated rings. The van der Waals surface area contributed by atoms with Crippen LogP contribution in [-0.4, -0.2) is 17.1 Å². The predicted molar refractivity (Wildman–Crippen MR) is 108 cm³/mol. The molecule has 142 valence electrons. The van der Waals surface area contributed by atoms with E-state index in [0.717, 1.165) is 21.9 Å². The summed E-state index contributed by atoms with van der Waals surface area (Å²) in [6.07, 6.45) is 3.31. The zero-order valence-electron chi connectivity index (χ0n) is 15.6. The lowest BCUT2D eigenvalue weighted by molar-refractivity contribution is 0.184. The van der Waals surface area contributed by atoms with Crippen LogP contribution < -0.4 is 0 Å². The normalized spacial score (nSPS) is 10.6. The van der Waals surface area contributed by atoms with Gasteiger partial charge in [0.15, 0.2) is 5.82 Å². The van der Waals surface area contributed by atoms with Crippen molar-refractivity contribution in [2.45, 2.75) is 6.61 Å². The highest BCUT2D eigenvalue weighted by atomic mass is 19.1. The summed E-state index contributed by atoms with van der Waals surface area (Å²) < 4.78 is 32.8. The summed E-state index contributed by atoms with van der Waals surface area (Å²) in [6, 6.07) is 14.7. The molecule has 1 heterocycles. The fourth-order valence-corrected chi connectivity index (χ4v) is 2.93. The first kappa shape index (κ1) is 18.7. The van der Waals surface area contributed by atoms with E-state index in [0.29, 0.717) is 18.0 Å². The van der Waals surface area contributed by atoms with Gasteiger partial charge in [0.1, 0.15) is 11.6 Å². The van der Waals surface area contributed by atoms with Crippen LogP contribution in [0.25, 0.3) is 22.2 Å². The number of hydrogen-bond donors (Lipinski definition) is 0. The lowest BCUT2D eigenvalue weighted by atomic mass is 10.1. The van der Waals surface area contributed by atoms with E-state index < -0.39 is 5.82 Å². The summed E-state index contributed by atoms with van der Waals surface area (Å²) in [5, 5.41) is 1.67. The topological polar surface area (TPSA) is 35.0 Å².